The predicted molar refractivity (Wildman–Crippen MR) is 121 cm³/mol. The number of aliphatic carboxylic acids is 2. The van der Waals surface area contributed by atoms with Crippen LogP contribution in [0.5, 0.6) is 0 Å². The lowest BCUT2D eigenvalue weighted by Gasteiger charge is -2.28. The van der Waals surface area contributed by atoms with E-state index in [-0.39, 0.29) is 11.9 Å². The molecule has 0 atom stereocenters. The topological polar surface area (TPSA) is 109 Å². The number of hydrogen-bond acceptors (Lipinski definition) is 5. The molecule has 0 spiro atoms. The number of aromatic nitrogens is 1. The summed E-state index contributed by atoms with van der Waals surface area (Å²) >= 11 is 0. The first-order chi connectivity index (χ1) is 16.0. The third-order valence-corrected chi connectivity index (χ3v) is 5.30. The summed E-state index contributed by atoms with van der Waals surface area (Å²) in [5, 5.41) is 14.8. The predicted octanol–water partition coefficient (Wildman–Crippen LogP) is 2.83. The van der Waals surface area contributed by atoms with Crippen LogP contribution in [-0.2, 0) is 32.2 Å². The molecule has 0 saturated carbocycles. The molecule has 1 aromatic heterocycles. The normalized spacial score (nSPS) is 12.9. The minimum atomic E-state index is -1.82. The Morgan fingerprint density at radius 3 is 1.94 bits per heavy atom. The number of rotatable bonds is 6. The molecule has 3 aromatic rings. The zero-order valence-electron chi connectivity index (χ0n) is 18.0. The standard InChI is InChI=1S/C23H24N2O2.C2H2O4/c26-23(27-17-16-24-14-15-25-13-7-12-21(25)18-24)22(19-8-3-1-4-9-19)20-10-5-2-6-11-20;3-1(4)2(5)6/h1-13,22H,14-18H2;(H,3,4)(H,5,6). The molecule has 1 aliphatic heterocycles. The Morgan fingerprint density at radius 2 is 1.39 bits per heavy atom. The van der Waals surface area contributed by atoms with Crippen LogP contribution in [0.4, 0.5) is 0 Å². The second kappa shape index (κ2) is 11.6. The summed E-state index contributed by atoms with van der Waals surface area (Å²) in [6.07, 6.45) is 2.12. The summed E-state index contributed by atoms with van der Waals surface area (Å²) in [5.74, 6) is -4.22. The molecule has 0 saturated heterocycles. The van der Waals surface area contributed by atoms with Gasteiger partial charge in [0.2, 0.25) is 0 Å². The highest BCUT2D eigenvalue weighted by atomic mass is 16.5. The molecule has 0 bridgehead atoms. The van der Waals surface area contributed by atoms with E-state index in [1.165, 1.54) is 5.69 Å². The molecule has 0 aliphatic carbocycles. The van der Waals surface area contributed by atoms with E-state index in [9.17, 15) is 4.79 Å². The summed E-state index contributed by atoms with van der Waals surface area (Å²) in [6, 6.07) is 23.9. The zero-order chi connectivity index (χ0) is 23.6. The lowest BCUT2D eigenvalue weighted by Crippen LogP contribution is -2.36. The first-order valence-electron chi connectivity index (χ1n) is 10.5. The van der Waals surface area contributed by atoms with E-state index >= 15 is 0 Å². The summed E-state index contributed by atoms with van der Waals surface area (Å²) < 4.78 is 7.98. The maximum atomic E-state index is 12.9. The average Bonchev–Trinajstić information content (AvgIpc) is 3.29. The van der Waals surface area contributed by atoms with Crippen LogP contribution in [0, 0.1) is 0 Å². The van der Waals surface area contributed by atoms with Crippen molar-refractivity contribution < 1.29 is 29.3 Å². The molecule has 1 aliphatic rings. The van der Waals surface area contributed by atoms with E-state index in [0.717, 1.165) is 37.3 Å². The van der Waals surface area contributed by atoms with Crippen LogP contribution in [0.1, 0.15) is 22.7 Å². The maximum Gasteiger partial charge on any atom is 0.414 e. The van der Waals surface area contributed by atoms with Crippen LogP contribution in [0.2, 0.25) is 0 Å². The number of esters is 1. The summed E-state index contributed by atoms with van der Waals surface area (Å²) in [5.41, 5.74) is 3.24. The molecular formula is C25H26N2O6. The molecule has 33 heavy (non-hydrogen) atoms. The first kappa shape index (κ1) is 23.7. The van der Waals surface area contributed by atoms with Crippen molar-refractivity contribution in [2.24, 2.45) is 0 Å². The summed E-state index contributed by atoms with van der Waals surface area (Å²) in [4.78, 5) is 33.4. The molecule has 0 radical (unpaired) electrons. The van der Waals surface area contributed by atoms with Gasteiger partial charge in [-0.3, -0.25) is 9.69 Å². The molecule has 2 heterocycles. The number of nitrogens with zero attached hydrogens (tertiary/aromatic N) is 2. The van der Waals surface area contributed by atoms with E-state index < -0.39 is 11.9 Å². The van der Waals surface area contributed by atoms with Crippen LogP contribution in [-0.4, -0.2) is 57.3 Å². The van der Waals surface area contributed by atoms with Gasteiger partial charge in [-0.25, -0.2) is 9.59 Å². The highest BCUT2D eigenvalue weighted by Crippen LogP contribution is 2.26. The molecule has 8 nitrogen and oxygen atoms in total. The molecule has 4 rings (SSSR count). The third-order valence-electron chi connectivity index (χ3n) is 5.30. The Labute approximate surface area is 191 Å². The van der Waals surface area contributed by atoms with Gasteiger partial charge in [0.05, 0.1) is 0 Å². The Hall–Kier alpha value is -3.91. The van der Waals surface area contributed by atoms with Crippen LogP contribution < -0.4 is 0 Å². The molecule has 172 valence electrons. The lowest BCUT2D eigenvalue weighted by atomic mass is 9.91. The highest BCUT2D eigenvalue weighted by molar-refractivity contribution is 6.27. The Kier molecular flexibility index (Phi) is 8.37. The van der Waals surface area contributed by atoms with Crippen molar-refractivity contribution in [3.05, 3.63) is 95.8 Å². The van der Waals surface area contributed by atoms with E-state index in [1.807, 2.05) is 60.7 Å². The van der Waals surface area contributed by atoms with E-state index in [0.29, 0.717) is 6.61 Å². The number of ether oxygens (including phenoxy) is 1. The monoisotopic (exact) mass is 450 g/mol. The molecule has 0 amide bonds. The van der Waals surface area contributed by atoms with E-state index in [1.54, 1.807) is 0 Å². The Bertz CT molecular complexity index is 1010. The lowest BCUT2D eigenvalue weighted by molar-refractivity contribution is -0.159. The fourth-order valence-electron chi connectivity index (χ4n) is 3.67. The number of hydrogen-bond donors (Lipinski definition) is 2. The molecule has 8 heteroatoms. The number of benzene rings is 2. The maximum absolute atomic E-state index is 12.9. The highest BCUT2D eigenvalue weighted by Gasteiger charge is 2.24. The van der Waals surface area contributed by atoms with E-state index in [2.05, 4.69) is 27.8 Å². The largest absolute Gasteiger partial charge is 0.473 e. The third kappa shape index (κ3) is 6.78. The van der Waals surface area contributed by atoms with Gasteiger partial charge >= 0.3 is 17.9 Å². The number of carboxylic acid groups (broad SMARTS) is 2. The first-order valence-corrected chi connectivity index (χ1v) is 10.5. The quantitative estimate of drug-likeness (QED) is 0.439. The van der Waals surface area contributed by atoms with Gasteiger partial charge < -0.3 is 19.5 Å². The van der Waals surface area contributed by atoms with Gasteiger partial charge in [-0.15, -0.1) is 0 Å². The number of carbonyl (C=O) groups is 3. The van der Waals surface area contributed by atoms with Gasteiger partial charge in [-0.2, -0.15) is 0 Å². The van der Waals surface area contributed by atoms with Crippen molar-refractivity contribution >= 4 is 17.9 Å². The van der Waals surface area contributed by atoms with Crippen LogP contribution in [0.25, 0.3) is 0 Å². The van der Waals surface area contributed by atoms with Gasteiger partial charge in [0, 0.05) is 38.1 Å². The second-order valence-corrected chi connectivity index (χ2v) is 7.50. The average molecular weight is 450 g/mol. The van der Waals surface area contributed by atoms with Gasteiger partial charge in [-0.1, -0.05) is 60.7 Å². The Morgan fingerprint density at radius 1 is 0.818 bits per heavy atom. The van der Waals surface area contributed by atoms with Crippen LogP contribution in [0.3, 0.4) is 0 Å². The smallest absolute Gasteiger partial charge is 0.414 e. The fourth-order valence-corrected chi connectivity index (χ4v) is 3.67. The van der Waals surface area contributed by atoms with Crippen LogP contribution in [0.15, 0.2) is 79.0 Å². The summed E-state index contributed by atoms with van der Waals surface area (Å²) in [6.45, 7) is 4.06. The SMILES string of the molecule is O=C(O)C(=O)O.O=C(OCCN1CCn2cccc2C1)C(c1ccccc1)c1ccccc1. The van der Waals surface area contributed by atoms with Gasteiger partial charge in [-0.05, 0) is 23.3 Å². The number of fused-ring (bicyclic) bond motifs is 1. The summed E-state index contributed by atoms with van der Waals surface area (Å²) in [7, 11) is 0. The minimum absolute atomic E-state index is 0.187. The molecule has 2 N–H and O–H groups in total. The van der Waals surface area contributed by atoms with Gasteiger partial charge in [0.15, 0.2) is 0 Å². The van der Waals surface area contributed by atoms with Crippen molar-refractivity contribution in [1.29, 1.82) is 0 Å². The molecule has 2 aromatic carbocycles. The van der Waals surface area contributed by atoms with Gasteiger partial charge in [0.25, 0.3) is 0 Å². The minimum Gasteiger partial charge on any atom is -0.473 e. The van der Waals surface area contributed by atoms with Gasteiger partial charge in [0.1, 0.15) is 12.5 Å². The molecule has 0 unspecified atom stereocenters. The second-order valence-electron chi connectivity index (χ2n) is 7.50. The van der Waals surface area contributed by atoms with Crippen molar-refractivity contribution in [2.45, 2.75) is 19.0 Å². The van der Waals surface area contributed by atoms with Crippen molar-refractivity contribution in [2.75, 3.05) is 19.7 Å². The zero-order valence-corrected chi connectivity index (χ0v) is 18.0. The number of carboxylic acids is 2. The fraction of sp³-hybridized carbons (Fsp3) is 0.240. The molecule has 0 fully saturated rings. The van der Waals surface area contributed by atoms with Crippen LogP contribution >= 0.6 is 0 Å². The van der Waals surface area contributed by atoms with Crippen molar-refractivity contribution in [3.63, 3.8) is 0 Å². The Balaban J connectivity index is 0.000000454. The van der Waals surface area contributed by atoms with Crippen molar-refractivity contribution in [1.82, 2.24) is 9.47 Å². The molecular weight excluding hydrogens is 424 g/mol. The van der Waals surface area contributed by atoms with Crippen molar-refractivity contribution in [3.8, 4) is 0 Å². The number of carbonyl (C=O) groups excluding carboxylic acids is 1. The van der Waals surface area contributed by atoms with E-state index in [4.69, 9.17) is 24.5 Å².